The Kier molecular flexibility index (Phi) is 3.42. The van der Waals surface area contributed by atoms with Gasteiger partial charge in [-0.3, -0.25) is 0 Å². The second kappa shape index (κ2) is 4.80. The van der Waals surface area contributed by atoms with Gasteiger partial charge in [0, 0.05) is 0 Å². The number of hydrogen-bond acceptors (Lipinski definition) is 0. The molecule has 0 aromatic heterocycles. The number of benzene rings is 1. The maximum Gasteiger partial charge on any atom is 0.126 e. The lowest BCUT2D eigenvalue weighted by Gasteiger charge is -2.16. The van der Waals surface area contributed by atoms with Crippen LogP contribution in [0, 0.1) is 5.82 Å². The van der Waals surface area contributed by atoms with Crippen molar-refractivity contribution in [2.45, 2.75) is 31.1 Å². The molecule has 1 atom stereocenters. The lowest BCUT2D eigenvalue weighted by molar-refractivity contribution is 0.608. The Balaban J connectivity index is 2.12. The summed E-state index contributed by atoms with van der Waals surface area (Å²) < 4.78 is 13.4. The lowest BCUT2D eigenvalue weighted by Crippen LogP contribution is -2.05. The van der Waals surface area contributed by atoms with Gasteiger partial charge in [0.15, 0.2) is 0 Å². The number of rotatable bonds is 2. The van der Waals surface area contributed by atoms with E-state index in [1.165, 1.54) is 11.6 Å². The van der Waals surface area contributed by atoms with Crippen LogP contribution in [0.25, 0.3) is 0 Å². The van der Waals surface area contributed by atoms with E-state index in [4.69, 9.17) is 11.6 Å². The summed E-state index contributed by atoms with van der Waals surface area (Å²) in [5.74, 6) is -0.116. The van der Waals surface area contributed by atoms with E-state index in [0.29, 0.717) is 6.42 Å². The van der Waals surface area contributed by atoms with Crippen LogP contribution < -0.4 is 0 Å². The normalized spacial score (nSPS) is 21.2. The van der Waals surface area contributed by atoms with Crippen molar-refractivity contribution in [2.75, 3.05) is 0 Å². The van der Waals surface area contributed by atoms with E-state index < -0.39 is 0 Å². The van der Waals surface area contributed by atoms with Crippen molar-refractivity contribution >= 4 is 11.6 Å². The Morgan fingerprint density at radius 3 is 2.87 bits per heavy atom. The highest BCUT2D eigenvalue weighted by atomic mass is 35.5. The molecule has 0 heterocycles. The third-order valence-electron chi connectivity index (χ3n) is 2.77. The SMILES string of the molecule is Fc1ccccc1CC1=CC(Cl)CCC1. The Morgan fingerprint density at radius 1 is 1.33 bits per heavy atom. The van der Waals surface area contributed by atoms with E-state index in [1.54, 1.807) is 6.07 Å². The first kappa shape index (κ1) is 10.7. The minimum atomic E-state index is -0.116. The van der Waals surface area contributed by atoms with Crippen LogP contribution >= 0.6 is 11.6 Å². The molecule has 0 amide bonds. The Bertz CT molecular complexity index is 371. The predicted molar refractivity (Wildman–Crippen MR) is 61.7 cm³/mol. The van der Waals surface area contributed by atoms with Crippen LogP contribution in [0.15, 0.2) is 35.9 Å². The van der Waals surface area contributed by atoms with Gasteiger partial charge >= 0.3 is 0 Å². The van der Waals surface area contributed by atoms with Gasteiger partial charge in [0.05, 0.1) is 5.38 Å². The standard InChI is InChI=1S/C13H14ClF/c14-12-6-3-4-10(9-12)8-11-5-1-2-7-13(11)15/h1-2,5,7,9,12H,3-4,6,8H2. The average molecular weight is 225 g/mol. The molecule has 0 N–H and O–H groups in total. The van der Waals surface area contributed by atoms with E-state index >= 15 is 0 Å². The van der Waals surface area contributed by atoms with Crippen LogP contribution in [0.1, 0.15) is 24.8 Å². The van der Waals surface area contributed by atoms with Crippen LogP contribution in [-0.2, 0) is 6.42 Å². The van der Waals surface area contributed by atoms with Gasteiger partial charge in [-0.25, -0.2) is 4.39 Å². The van der Waals surface area contributed by atoms with E-state index in [2.05, 4.69) is 6.08 Å². The van der Waals surface area contributed by atoms with Crippen molar-refractivity contribution in [1.29, 1.82) is 0 Å². The molecule has 0 fully saturated rings. The van der Waals surface area contributed by atoms with Crippen LogP contribution in [0.2, 0.25) is 0 Å². The van der Waals surface area contributed by atoms with Gasteiger partial charge in [-0.2, -0.15) is 0 Å². The zero-order valence-corrected chi connectivity index (χ0v) is 9.30. The molecule has 15 heavy (non-hydrogen) atoms. The van der Waals surface area contributed by atoms with E-state index in [9.17, 15) is 4.39 Å². The smallest absolute Gasteiger partial charge is 0.126 e. The zero-order chi connectivity index (χ0) is 10.7. The molecule has 0 bridgehead atoms. The van der Waals surface area contributed by atoms with Crippen LogP contribution in [-0.4, -0.2) is 5.38 Å². The van der Waals surface area contributed by atoms with Gasteiger partial charge in [0.2, 0.25) is 0 Å². The first-order valence-corrected chi connectivity index (χ1v) is 5.76. The van der Waals surface area contributed by atoms with Crippen LogP contribution in [0.3, 0.4) is 0 Å². The number of allylic oxidation sites excluding steroid dienone is 2. The van der Waals surface area contributed by atoms with Gasteiger partial charge < -0.3 is 0 Å². The molecule has 1 aliphatic rings. The van der Waals surface area contributed by atoms with E-state index in [-0.39, 0.29) is 11.2 Å². The minimum Gasteiger partial charge on any atom is -0.207 e. The quantitative estimate of drug-likeness (QED) is 0.525. The third-order valence-corrected chi connectivity index (χ3v) is 3.11. The fraction of sp³-hybridized carbons (Fsp3) is 0.385. The fourth-order valence-corrected chi connectivity index (χ4v) is 2.31. The number of hydrogen-bond donors (Lipinski definition) is 0. The molecule has 0 saturated heterocycles. The molecular formula is C13H14ClF. The summed E-state index contributed by atoms with van der Waals surface area (Å²) in [7, 11) is 0. The highest BCUT2D eigenvalue weighted by Gasteiger charge is 2.12. The van der Waals surface area contributed by atoms with Gasteiger partial charge in [-0.15, -0.1) is 11.6 Å². The van der Waals surface area contributed by atoms with Crippen LogP contribution in [0.5, 0.6) is 0 Å². The van der Waals surface area contributed by atoms with Gasteiger partial charge in [-0.05, 0) is 37.3 Å². The zero-order valence-electron chi connectivity index (χ0n) is 8.55. The van der Waals surface area contributed by atoms with E-state index in [0.717, 1.165) is 24.8 Å². The molecule has 0 radical (unpaired) electrons. The lowest BCUT2D eigenvalue weighted by atomic mass is 9.94. The molecular weight excluding hydrogens is 211 g/mol. The molecule has 1 aromatic carbocycles. The van der Waals surface area contributed by atoms with Crippen molar-refractivity contribution < 1.29 is 4.39 Å². The summed E-state index contributed by atoms with van der Waals surface area (Å²) in [6.45, 7) is 0. The van der Waals surface area contributed by atoms with Gasteiger partial charge in [0.1, 0.15) is 5.82 Å². The first-order valence-electron chi connectivity index (χ1n) is 5.33. The summed E-state index contributed by atoms with van der Waals surface area (Å²) in [5.41, 5.74) is 2.04. The van der Waals surface area contributed by atoms with Crippen LogP contribution in [0.4, 0.5) is 4.39 Å². The van der Waals surface area contributed by atoms with Crippen molar-refractivity contribution in [3.8, 4) is 0 Å². The molecule has 0 spiro atoms. The Labute approximate surface area is 94.8 Å². The highest BCUT2D eigenvalue weighted by molar-refractivity contribution is 6.21. The molecule has 1 aliphatic carbocycles. The van der Waals surface area contributed by atoms with Gasteiger partial charge in [0.25, 0.3) is 0 Å². The maximum absolute atomic E-state index is 13.4. The molecule has 2 rings (SSSR count). The van der Waals surface area contributed by atoms with Crippen molar-refractivity contribution in [1.82, 2.24) is 0 Å². The molecule has 1 aromatic rings. The monoisotopic (exact) mass is 224 g/mol. The first-order chi connectivity index (χ1) is 7.25. The summed E-state index contributed by atoms with van der Waals surface area (Å²) in [6.07, 6.45) is 6.00. The summed E-state index contributed by atoms with van der Waals surface area (Å²) in [4.78, 5) is 0. The van der Waals surface area contributed by atoms with Crippen molar-refractivity contribution in [3.05, 3.63) is 47.3 Å². The number of halogens is 2. The minimum absolute atomic E-state index is 0.116. The molecule has 0 aliphatic heterocycles. The van der Waals surface area contributed by atoms with Gasteiger partial charge in [-0.1, -0.05) is 29.8 Å². The topological polar surface area (TPSA) is 0 Å². The third kappa shape index (κ3) is 2.82. The summed E-state index contributed by atoms with van der Waals surface area (Å²) in [6, 6.07) is 6.95. The Morgan fingerprint density at radius 2 is 2.13 bits per heavy atom. The molecule has 1 unspecified atom stereocenters. The maximum atomic E-state index is 13.4. The van der Waals surface area contributed by atoms with Crippen molar-refractivity contribution in [2.24, 2.45) is 0 Å². The second-order valence-corrected chi connectivity index (χ2v) is 4.56. The van der Waals surface area contributed by atoms with E-state index in [1.807, 2.05) is 12.1 Å². The van der Waals surface area contributed by atoms with Crippen molar-refractivity contribution in [3.63, 3.8) is 0 Å². The largest absolute Gasteiger partial charge is 0.207 e. The number of alkyl halides is 1. The predicted octanol–water partition coefficient (Wildman–Crippen LogP) is 4.09. The summed E-state index contributed by atoms with van der Waals surface area (Å²) in [5, 5.41) is 0.139. The molecule has 0 nitrogen and oxygen atoms in total. The average Bonchev–Trinajstić information content (AvgIpc) is 2.22. The Hall–Kier alpha value is -0.820. The molecule has 0 saturated carbocycles. The highest BCUT2D eigenvalue weighted by Crippen LogP contribution is 2.25. The second-order valence-electron chi connectivity index (χ2n) is 4.00. The summed E-state index contributed by atoms with van der Waals surface area (Å²) >= 11 is 6.05. The fourth-order valence-electron chi connectivity index (χ4n) is 1.98. The molecule has 80 valence electrons. The molecule has 2 heteroatoms.